The van der Waals surface area contributed by atoms with E-state index in [0.29, 0.717) is 13.0 Å². The molecule has 0 radical (unpaired) electrons. The molecule has 0 bridgehead atoms. The van der Waals surface area contributed by atoms with Crippen molar-refractivity contribution in [1.29, 1.82) is 0 Å². The topological polar surface area (TPSA) is 47.6 Å². The summed E-state index contributed by atoms with van der Waals surface area (Å²) in [5.74, 6) is 1.64. The zero-order valence-electron chi connectivity index (χ0n) is 13.7. The number of benzene rings is 2. The molecular weight excluding hydrogens is 290 g/mol. The maximum atomic E-state index is 12.0. The highest BCUT2D eigenvalue weighted by Gasteiger charge is 2.05. The Morgan fingerprint density at radius 2 is 1.70 bits per heavy atom. The van der Waals surface area contributed by atoms with E-state index in [1.807, 2.05) is 48.5 Å². The molecule has 0 saturated heterocycles. The number of carbonyl (C=O) groups is 1. The lowest BCUT2D eigenvalue weighted by molar-refractivity contribution is 0.0982. The summed E-state index contributed by atoms with van der Waals surface area (Å²) in [7, 11) is 3.26. The molecule has 4 nitrogen and oxygen atoms in total. The van der Waals surface area contributed by atoms with Crippen LogP contribution in [0.4, 0.5) is 0 Å². The second kappa shape index (κ2) is 8.96. The minimum atomic E-state index is 0.171. The first-order chi connectivity index (χ1) is 11.2. The second-order valence-corrected chi connectivity index (χ2v) is 5.23. The molecule has 0 heterocycles. The standard InChI is InChI=1S/C19H23NO3/c1-22-18-9-8-15(14-19(18)23-2)10-12-20-13-11-17(21)16-6-4-3-5-7-16/h3-9,14,20H,10-13H2,1-2H3. The van der Waals surface area contributed by atoms with Gasteiger partial charge in [0.1, 0.15) is 0 Å². The van der Waals surface area contributed by atoms with Gasteiger partial charge >= 0.3 is 0 Å². The average molecular weight is 313 g/mol. The van der Waals surface area contributed by atoms with Crippen LogP contribution in [0.2, 0.25) is 0 Å². The van der Waals surface area contributed by atoms with E-state index in [1.165, 1.54) is 5.56 Å². The number of hydrogen-bond donors (Lipinski definition) is 1. The molecule has 0 aliphatic carbocycles. The van der Waals surface area contributed by atoms with E-state index in [2.05, 4.69) is 5.32 Å². The molecule has 0 unspecified atom stereocenters. The second-order valence-electron chi connectivity index (χ2n) is 5.23. The number of hydrogen-bond acceptors (Lipinski definition) is 4. The summed E-state index contributed by atoms with van der Waals surface area (Å²) >= 11 is 0. The van der Waals surface area contributed by atoms with E-state index in [1.54, 1.807) is 14.2 Å². The van der Waals surface area contributed by atoms with Gasteiger partial charge in [-0.3, -0.25) is 4.79 Å². The number of Topliss-reactive ketones (excluding diaryl/α,β-unsaturated/α-hetero) is 1. The van der Waals surface area contributed by atoms with Gasteiger partial charge in [0.2, 0.25) is 0 Å². The smallest absolute Gasteiger partial charge is 0.164 e. The molecule has 0 aliphatic rings. The summed E-state index contributed by atoms with van der Waals surface area (Å²) in [6.07, 6.45) is 1.38. The highest BCUT2D eigenvalue weighted by atomic mass is 16.5. The van der Waals surface area contributed by atoms with E-state index < -0.39 is 0 Å². The fourth-order valence-corrected chi connectivity index (χ4v) is 2.36. The quantitative estimate of drug-likeness (QED) is 0.571. The fourth-order valence-electron chi connectivity index (χ4n) is 2.36. The van der Waals surface area contributed by atoms with Crippen molar-refractivity contribution in [3.8, 4) is 11.5 Å². The van der Waals surface area contributed by atoms with E-state index in [-0.39, 0.29) is 5.78 Å². The summed E-state index contributed by atoms with van der Waals surface area (Å²) < 4.78 is 10.5. The van der Waals surface area contributed by atoms with Crippen LogP contribution in [0.25, 0.3) is 0 Å². The molecule has 0 aliphatic heterocycles. The first-order valence-electron chi connectivity index (χ1n) is 7.74. The largest absolute Gasteiger partial charge is 0.493 e. The van der Waals surface area contributed by atoms with Crippen molar-refractivity contribution in [2.75, 3.05) is 27.3 Å². The molecule has 2 rings (SSSR count). The van der Waals surface area contributed by atoms with Crippen LogP contribution in [0.1, 0.15) is 22.3 Å². The number of nitrogens with one attached hydrogen (secondary N) is 1. The summed E-state index contributed by atoms with van der Waals surface area (Å²) in [4.78, 5) is 12.0. The molecule has 2 aromatic rings. The van der Waals surface area contributed by atoms with Gasteiger partial charge in [0, 0.05) is 18.5 Å². The maximum Gasteiger partial charge on any atom is 0.164 e. The molecule has 2 aromatic carbocycles. The van der Waals surface area contributed by atoms with E-state index in [9.17, 15) is 4.79 Å². The Morgan fingerprint density at radius 1 is 0.957 bits per heavy atom. The number of carbonyl (C=O) groups excluding carboxylic acids is 1. The van der Waals surface area contributed by atoms with Crippen LogP contribution in [0.15, 0.2) is 48.5 Å². The van der Waals surface area contributed by atoms with Gasteiger partial charge in [-0.05, 0) is 30.7 Å². The molecule has 0 saturated carbocycles. The Bertz CT molecular complexity index is 626. The Labute approximate surface area is 137 Å². The zero-order chi connectivity index (χ0) is 16.5. The predicted octanol–water partition coefficient (Wildman–Crippen LogP) is 3.11. The number of rotatable bonds is 9. The Morgan fingerprint density at radius 3 is 2.39 bits per heavy atom. The van der Waals surface area contributed by atoms with Crippen molar-refractivity contribution in [2.24, 2.45) is 0 Å². The van der Waals surface area contributed by atoms with Crippen molar-refractivity contribution < 1.29 is 14.3 Å². The molecule has 0 fully saturated rings. The minimum absolute atomic E-state index is 0.171. The monoisotopic (exact) mass is 313 g/mol. The van der Waals surface area contributed by atoms with E-state index in [0.717, 1.165) is 30.0 Å². The van der Waals surface area contributed by atoms with Gasteiger partial charge in [0.15, 0.2) is 17.3 Å². The highest BCUT2D eigenvalue weighted by molar-refractivity contribution is 5.96. The van der Waals surface area contributed by atoms with Crippen LogP contribution in [-0.4, -0.2) is 33.1 Å². The van der Waals surface area contributed by atoms with Crippen LogP contribution in [0.5, 0.6) is 11.5 Å². The van der Waals surface area contributed by atoms with Crippen LogP contribution in [0.3, 0.4) is 0 Å². The molecular formula is C19H23NO3. The molecule has 0 spiro atoms. The molecule has 0 atom stereocenters. The Hall–Kier alpha value is -2.33. The fraction of sp³-hybridized carbons (Fsp3) is 0.316. The van der Waals surface area contributed by atoms with E-state index in [4.69, 9.17) is 9.47 Å². The Balaban J connectivity index is 1.72. The highest BCUT2D eigenvalue weighted by Crippen LogP contribution is 2.27. The van der Waals surface area contributed by atoms with Crippen molar-refractivity contribution in [3.05, 3.63) is 59.7 Å². The third-order valence-corrected chi connectivity index (χ3v) is 3.66. The first kappa shape index (κ1) is 17.0. The SMILES string of the molecule is COc1ccc(CCNCCC(=O)c2ccccc2)cc1OC. The molecule has 0 amide bonds. The number of ketones is 1. The maximum absolute atomic E-state index is 12.0. The van der Waals surface area contributed by atoms with Crippen molar-refractivity contribution in [2.45, 2.75) is 12.8 Å². The number of methoxy groups -OCH3 is 2. The van der Waals surface area contributed by atoms with Crippen LogP contribution < -0.4 is 14.8 Å². The first-order valence-corrected chi connectivity index (χ1v) is 7.74. The van der Waals surface area contributed by atoms with Crippen molar-refractivity contribution >= 4 is 5.78 Å². The molecule has 0 aromatic heterocycles. The lowest BCUT2D eigenvalue weighted by atomic mass is 10.1. The van der Waals surface area contributed by atoms with Crippen molar-refractivity contribution in [1.82, 2.24) is 5.32 Å². The normalized spacial score (nSPS) is 10.3. The molecule has 4 heteroatoms. The predicted molar refractivity (Wildman–Crippen MR) is 91.5 cm³/mol. The summed E-state index contributed by atoms with van der Waals surface area (Å²) in [5, 5.41) is 3.31. The Kier molecular flexibility index (Phi) is 6.63. The van der Waals surface area contributed by atoms with Crippen LogP contribution in [0, 0.1) is 0 Å². The van der Waals surface area contributed by atoms with Crippen molar-refractivity contribution in [3.63, 3.8) is 0 Å². The summed E-state index contributed by atoms with van der Waals surface area (Å²) in [5.41, 5.74) is 1.94. The summed E-state index contributed by atoms with van der Waals surface area (Å²) in [6, 6.07) is 15.3. The molecule has 122 valence electrons. The van der Waals surface area contributed by atoms with E-state index >= 15 is 0 Å². The molecule has 1 N–H and O–H groups in total. The van der Waals surface area contributed by atoms with Gasteiger partial charge in [-0.2, -0.15) is 0 Å². The third-order valence-electron chi connectivity index (χ3n) is 3.66. The summed E-state index contributed by atoms with van der Waals surface area (Å²) in [6.45, 7) is 1.50. The minimum Gasteiger partial charge on any atom is -0.493 e. The number of ether oxygens (including phenoxy) is 2. The van der Waals surface area contributed by atoms with Crippen LogP contribution >= 0.6 is 0 Å². The van der Waals surface area contributed by atoms with Gasteiger partial charge < -0.3 is 14.8 Å². The van der Waals surface area contributed by atoms with Crippen LogP contribution in [-0.2, 0) is 6.42 Å². The third kappa shape index (κ3) is 5.11. The van der Waals surface area contributed by atoms with Gasteiger partial charge in [-0.25, -0.2) is 0 Å². The average Bonchev–Trinajstić information content (AvgIpc) is 2.61. The lowest BCUT2D eigenvalue weighted by Crippen LogP contribution is -2.21. The van der Waals surface area contributed by atoms with Gasteiger partial charge in [-0.1, -0.05) is 36.4 Å². The zero-order valence-corrected chi connectivity index (χ0v) is 13.7. The van der Waals surface area contributed by atoms with Gasteiger partial charge in [0.25, 0.3) is 0 Å². The van der Waals surface area contributed by atoms with Gasteiger partial charge in [0.05, 0.1) is 14.2 Å². The molecule has 23 heavy (non-hydrogen) atoms. The van der Waals surface area contributed by atoms with Gasteiger partial charge in [-0.15, -0.1) is 0 Å². The lowest BCUT2D eigenvalue weighted by Gasteiger charge is -2.10.